The van der Waals surface area contributed by atoms with Gasteiger partial charge >= 0.3 is 5.69 Å². The van der Waals surface area contributed by atoms with Gasteiger partial charge < -0.3 is 16.2 Å². The highest BCUT2D eigenvalue weighted by Gasteiger charge is 2.16. The smallest absolute Gasteiger partial charge is 0.311 e. The highest BCUT2D eigenvalue weighted by Crippen LogP contribution is 2.27. The largest absolute Gasteiger partial charge is 0.487 e. The minimum Gasteiger partial charge on any atom is -0.487 e. The Hall–Kier alpha value is -2.22. The number of rotatable bonds is 6. The predicted molar refractivity (Wildman–Crippen MR) is 60.3 cm³/mol. The Kier molecular flexibility index (Phi) is 4.55. The summed E-state index contributed by atoms with van der Waals surface area (Å²) in [7, 11) is 0. The molecule has 0 spiro atoms. The fourth-order valence-corrected chi connectivity index (χ4v) is 1.19. The summed E-state index contributed by atoms with van der Waals surface area (Å²) in [6, 6.07) is 1.95. The molecule has 0 saturated heterocycles. The first-order chi connectivity index (χ1) is 8.41. The number of hydrogen-bond donors (Lipinski definition) is 2. The number of carbonyl (C=O) groups excluding carboxylic acids is 1. The Morgan fingerprint density at radius 1 is 1.56 bits per heavy atom. The normalized spacial score (nSPS) is 11.9. The maximum atomic E-state index is 12.9. The summed E-state index contributed by atoms with van der Waals surface area (Å²) in [6.07, 6.45) is 0.0863. The molecule has 0 fully saturated rings. The SMILES string of the molecule is NC(=O)C(N)CCOc1cc(F)ccc1[N+](=O)[O-]. The number of amides is 1. The molecule has 0 radical (unpaired) electrons. The molecule has 7 nitrogen and oxygen atoms in total. The van der Waals surface area contributed by atoms with Crippen molar-refractivity contribution in [1.82, 2.24) is 0 Å². The van der Waals surface area contributed by atoms with Crippen LogP contribution in [0.5, 0.6) is 5.75 Å². The number of halogens is 1. The summed E-state index contributed by atoms with van der Waals surface area (Å²) in [6.45, 7) is -0.0750. The van der Waals surface area contributed by atoms with E-state index in [9.17, 15) is 19.3 Å². The van der Waals surface area contributed by atoms with Crippen molar-refractivity contribution in [1.29, 1.82) is 0 Å². The highest BCUT2D eigenvalue weighted by atomic mass is 19.1. The van der Waals surface area contributed by atoms with Crippen LogP contribution >= 0.6 is 0 Å². The van der Waals surface area contributed by atoms with Gasteiger partial charge in [0.15, 0.2) is 5.75 Å². The second-order valence-electron chi connectivity index (χ2n) is 3.52. The van der Waals surface area contributed by atoms with Crippen molar-refractivity contribution in [2.75, 3.05) is 6.61 Å². The van der Waals surface area contributed by atoms with E-state index >= 15 is 0 Å². The van der Waals surface area contributed by atoms with Crippen molar-refractivity contribution in [2.24, 2.45) is 11.5 Å². The van der Waals surface area contributed by atoms with Crippen LogP contribution in [0.3, 0.4) is 0 Å². The number of benzene rings is 1. The van der Waals surface area contributed by atoms with Gasteiger partial charge in [0.1, 0.15) is 5.82 Å². The van der Waals surface area contributed by atoms with E-state index in [1.807, 2.05) is 0 Å². The van der Waals surface area contributed by atoms with E-state index in [0.717, 1.165) is 18.2 Å². The second-order valence-corrected chi connectivity index (χ2v) is 3.52. The van der Waals surface area contributed by atoms with Gasteiger partial charge in [-0.1, -0.05) is 0 Å². The Labute approximate surface area is 102 Å². The van der Waals surface area contributed by atoms with Gasteiger partial charge in [-0.25, -0.2) is 4.39 Å². The van der Waals surface area contributed by atoms with E-state index in [2.05, 4.69) is 0 Å². The Bertz CT molecular complexity index is 466. The van der Waals surface area contributed by atoms with Crippen LogP contribution in [0.15, 0.2) is 18.2 Å². The molecule has 18 heavy (non-hydrogen) atoms. The Balaban J connectivity index is 2.69. The Morgan fingerprint density at radius 3 is 2.78 bits per heavy atom. The highest BCUT2D eigenvalue weighted by molar-refractivity contribution is 5.79. The zero-order valence-corrected chi connectivity index (χ0v) is 9.34. The van der Waals surface area contributed by atoms with E-state index in [0.29, 0.717) is 0 Å². The molecule has 1 aromatic rings. The lowest BCUT2D eigenvalue weighted by atomic mass is 10.2. The number of hydrogen-bond acceptors (Lipinski definition) is 5. The van der Waals surface area contributed by atoms with Crippen LogP contribution < -0.4 is 16.2 Å². The molecule has 1 amide bonds. The third kappa shape index (κ3) is 3.67. The monoisotopic (exact) mass is 257 g/mol. The van der Waals surface area contributed by atoms with E-state index in [-0.39, 0.29) is 24.5 Å². The average molecular weight is 257 g/mol. The van der Waals surface area contributed by atoms with Crippen molar-refractivity contribution < 1.29 is 18.8 Å². The predicted octanol–water partition coefficient (Wildman–Crippen LogP) is 0.315. The van der Waals surface area contributed by atoms with Gasteiger partial charge in [0.25, 0.3) is 0 Å². The molecule has 0 saturated carbocycles. The van der Waals surface area contributed by atoms with E-state index in [1.54, 1.807) is 0 Å². The summed E-state index contributed by atoms with van der Waals surface area (Å²) in [5.74, 6) is -1.57. The molecule has 0 bridgehead atoms. The van der Waals surface area contributed by atoms with Crippen LogP contribution in [-0.4, -0.2) is 23.5 Å². The van der Waals surface area contributed by atoms with Gasteiger partial charge in [-0.3, -0.25) is 14.9 Å². The third-order valence-electron chi connectivity index (χ3n) is 2.17. The summed E-state index contributed by atoms with van der Waals surface area (Å²) >= 11 is 0. The van der Waals surface area contributed by atoms with Gasteiger partial charge in [-0.15, -0.1) is 0 Å². The number of primary amides is 1. The van der Waals surface area contributed by atoms with Crippen LogP contribution in [0.1, 0.15) is 6.42 Å². The average Bonchev–Trinajstić information content (AvgIpc) is 2.28. The van der Waals surface area contributed by atoms with E-state index in [4.69, 9.17) is 16.2 Å². The lowest BCUT2D eigenvalue weighted by molar-refractivity contribution is -0.385. The van der Waals surface area contributed by atoms with Crippen LogP contribution in [0.2, 0.25) is 0 Å². The lowest BCUT2D eigenvalue weighted by Gasteiger charge is -2.09. The van der Waals surface area contributed by atoms with Crippen molar-refractivity contribution in [3.8, 4) is 5.75 Å². The lowest BCUT2D eigenvalue weighted by Crippen LogP contribution is -2.37. The van der Waals surface area contributed by atoms with Crippen molar-refractivity contribution >= 4 is 11.6 Å². The van der Waals surface area contributed by atoms with E-state index < -0.39 is 22.7 Å². The van der Waals surface area contributed by atoms with Gasteiger partial charge in [0, 0.05) is 18.6 Å². The first-order valence-corrected chi connectivity index (χ1v) is 5.03. The summed E-state index contributed by atoms with van der Waals surface area (Å²) in [5, 5.41) is 10.6. The fourth-order valence-electron chi connectivity index (χ4n) is 1.19. The second kappa shape index (κ2) is 5.92. The first-order valence-electron chi connectivity index (χ1n) is 5.03. The van der Waals surface area contributed by atoms with Crippen LogP contribution in [0, 0.1) is 15.9 Å². The fraction of sp³-hybridized carbons (Fsp3) is 0.300. The summed E-state index contributed by atoms with van der Waals surface area (Å²) in [4.78, 5) is 20.6. The standard InChI is InChI=1S/C10H12FN3O4/c11-6-1-2-8(14(16)17)9(5-6)18-4-3-7(12)10(13)15/h1-2,5,7H,3-4,12H2,(H2,13,15). The zero-order valence-electron chi connectivity index (χ0n) is 9.34. The molecule has 1 rings (SSSR count). The molecule has 0 heterocycles. The van der Waals surface area contributed by atoms with E-state index in [1.165, 1.54) is 0 Å². The molecule has 1 aromatic carbocycles. The first kappa shape index (κ1) is 13.8. The topological polar surface area (TPSA) is 121 Å². The van der Waals surface area contributed by atoms with Crippen molar-refractivity contribution in [3.05, 3.63) is 34.1 Å². The number of ether oxygens (including phenoxy) is 1. The molecule has 0 aromatic heterocycles. The molecule has 0 aliphatic carbocycles. The molecule has 98 valence electrons. The molecule has 4 N–H and O–H groups in total. The molecule has 1 unspecified atom stereocenters. The van der Waals surface area contributed by atoms with Gasteiger partial charge in [-0.05, 0) is 6.07 Å². The van der Waals surface area contributed by atoms with Crippen molar-refractivity contribution in [2.45, 2.75) is 12.5 Å². The number of nitrogens with zero attached hydrogens (tertiary/aromatic N) is 1. The van der Waals surface area contributed by atoms with Crippen LogP contribution in [0.4, 0.5) is 10.1 Å². The maximum absolute atomic E-state index is 12.9. The van der Waals surface area contributed by atoms with Crippen LogP contribution in [0.25, 0.3) is 0 Å². The molecule has 0 aliphatic rings. The van der Waals surface area contributed by atoms with Gasteiger partial charge in [0.05, 0.1) is 17.6 Å². The maximum Gasteiger partial charge on any atom is 0.311 e. The quantitative estimate of drug-likeness (QED) is 0.561. The summed E-state index contributed by atoms with van der Waals surface area (Å²) in [5.41, 5.74) is 9.92. The third-order valence-corrected chi connectivity index (χ3v) is 2.17. The van der Waals surface area contributed by atoms with Crippen LogP contribution in [-0.2, 0) is 4.79 Å². The molecular formula is C10H12FN3O4. The van der Waals surface area contributed by atoms with Gasteiger partial charge in [-0.2, -0.15) is 0 Å². The minimum atomic E-state index is -0.905. The van der Waals surface area contributed by atoms with Gasteiger partial charge in [0.2, 0.25) is 5.91 Å². The minimum absolute atomic E-state index is 0.0750. The number of carbonyl (C=O) groups is 1. The Morgan fingerprint density at radius 2 is 2.22 bits per heavy atom. The zero-order chi connectivity index (χ0) is 13.7. The number of nitro groups is 1. The molecule has 0 aliphatic heterocycles. The molecule has 8 heteroatoms. The number of nitro benzene ring substituents is 1. The summed E-state index contributed by atoms with van der Waals surface area (Å²) < 4.78 is 18.0. The number of nitrogens with two attached hydrogens (primary N) is 2. The van der Waals surface area contributed by atoms with Crippen molar-refractivity contribution in [3.63, 3.8) is 0 Å². The molecule has 1 atom stereocenters. The molecular weight excluding hydrogens is 245 g/mol.